The molecule has 0 aliphatic carbocycles. The molecule has 0 aliphatic rings. The summed E-state index contributed by atoms with van der Waals surface area (Å²) in [6.07, 6.45) is 0.900. The first kappa shape index (κ1) is 17.1. The van der Waals surface area contributed by atoms with Crippen LogP contribution >= 0.6 is 0 Å². The zero-order valence-corrected chi connectivity index (χ0v) is 12.9. The second-order valence-electron chi connectivity index (χ2n) is 5.06. The van der Waals surface area contributed by atoms with E-state index < -0.39 is 4.92 Å². The van der Waals surface area contributed by atoms with Gasteiger partial charge in [0.1, 0.15) is 17.9 Å². The van der Waals surface area contributed by atoms with Crippen LogP contribution in [0.2, 0.25) is 0 Å². The summed E-state index contributed by atoms with van der Waals surface area (Å²) in [5.41, 5.74) is 0.666. The Morgan fingerprint density at radius 1 is 1.48 bits per heavy atom. The zero-order valence-electron chi connectivity index (χ0n) is 12.9. The Hall–Kier alpha value is -1.96. The van der Waals surface area contributed by atoms with Gasteiger partial charge in [0.2, 0.25) is 5.91 Å². The number of carbonyl (C=O) groups is 1. The molecule has 0 unspecified atom stereocenters. The minimum atomic E-state index is -0.477. The number of hydrogen-bond donors (Lipinski definition) is 1. The van der Waals surface area contributed by atoms with Crippen LogP contribution in [0, 0.1) is 24.0 Å². The minimum Gasteiger partial charge on any atom is -0.379 e. The number of nitrogens with zero attached hydrogens (tertiary/aromatic N) is 3. The van der Waals surface area contributed by atoms with Crippen LogP contribution in [-0.2, 0) is 16.1 Å². The predicted molar refractivity (Wildman–Crippen MR) is 77.1 cm³/mol. The maximum atomic E-state index is 11.8. The van der Waals surface area contributed by atoms with Gasteiger partial charge in [-0.05, 0) is 34.1 Å². The number of aryl methyl sites for hydroxylation is 1. The van der Waals surface area contributed by atoms with Gasteiger partial charge in [0.15, 0.2) is 0 Å². The van der Waals surface area contributed by atoms with E-state index in [9.17, 15) is 14.9 Å². The van der Waals surface area contributed by atoms with Crippen molar-refractivity contribution in [1.82, 2.24) is 15.1 Å². The summed E-state index contributed by atoms with van der Waals surface area (Å²) in [4.78, 5) is 22.2. The molecule has 1 amide bonds. The maximum absolute atomic E-state index is 11.8. The Balaban J connectivity index is 2.45. The van der Waals surface area contributed by atoms with E-state index >= 15 is 0 Å². The molecule has 0 radical (unpaired) electrons. The lowest BCUT2D eigenvalue weighted by molar-refractivity contribution is -0.386. The van der Waals surface area contributed by atoms with E-state index in [0.29, 0.717) is 24.5 Å². The Morgan fingerprint density at radius 3 is 2.67 bits per heavy atom. The van der Waals surface area contributed by atoms with Gasteiger partial charge in [-0.2, -0.15) is 5.10 Å². The lowest BCUT2D eigenvalue weighted by Crippen LogP contribution is -2.30. The molecule has 0 fully saturated rings. The molecule has 0 spiro atoms. The van der Waals surface area contributed by atoms with Gasteiger partial charge < -0.3 is 10.1 Å². The van der Waals surface area contributed by atoms with E-state index in [1.165, 1.54) is 4.68 Å². The molecule has 8 nitrogen and oxygen atoms in total. The first-order valence-corrected chi connectivity index (χ1v) is 6.89. The minimum absolute atomic E-state index is 0.0223. The summed E-state index contributed by atoms with van der Waals surface area (Å²) in [6, 6.07) is 0. The summed E-state index contributed by atoms with van der Waals surface area (Å²) >= 11 is 0. The smallest absolute Gasteiger partial charge is 0.312 e. The molecule has 1 N–H and O–H groups in total. The average molecular weight is 298 g/mol. The molecule has 1 aromatic rings. The summed E-state index contributed by atoms with van der Waals surface area (Å²) in [6.45, 7) is 8.12. The molecule has 118 valence electrons. The molecule has 0 aromatic carbocycles. The fraction of sp³-hybridized carbons (Fsp3) is 0.692. The molecule has 0 atom stereocenters. The first-order chi connectivity index (χ1) is 9.82. The fourth-order valence-corrected chi connectivity index (χ4v) is 1.92. The van der Waals surface area contributed by atoms with Crippen molar-refractivity contribution < 1.29 is 14.5 Å². The van der Waals surface area contributed by atoms with Crippen molar-refractivity contribution in [3.05, 3.63) is 21.5 Å². The van der Waals surface area contributed by atoms with E-state index in [-0.39, 0.29) is 24.2 Å². The number of nitrogens with one attached hydrogen (secondary N) is 1. The van der Waals surface area contributed by atoms with Crippen LogP contribution in [0.5, 0.6) is 0 Å². The molecule has 0 aliphatic heterocycles. The molecular weight excluding hydrogens is 276 g/mol. The van der Waals surface area contributed by atoms with Gasteiger partial charge in [0, 0.05) is 13.2 Å². The van der Waals surface area contributed by atoms with Crippen LogP contribution in [0.15, 0.2) is 0 Å². The van der Waals surface area contributed by atoms with Crippen LogP contribution in [0.25, 0.3) is 0 Å². The zero-order chi connectivity index (χ0) is 16.0. The van der Waals surface area contributed by atoms with Gasteiger partial charge in [0.25, 0.3) is 0 Å². The van der Waals surface area contributed by atoms with Crippen LogP contribution in [0.1, 0.15) is 31.7 Å². The van der Waals surface area contributed by atoms with Crippen LogP contribution < -0.4 is 5.32 Å². The highest BCUT2D eigenvalue weighted by Crippen LogP contribution is 2.21. The van der Waals surface area contributed by atoms with Crippen molar-refractivity contribution in [3.63, 3.8) is 0 Å². The monoisotopic (exact) mass is 298 g/mol. The fourth-order valence-electron chi connectivity index (χ4n) is 1.92. The number of hydrogen-bond acceptors (Lipinski definition) is 5. The molecular formula is C13H22N4O4. The molecule has 1 rings (SSSR count). The van der Waals surface area contributed by atoms with Gasteiger partial charge >= 0.3 is 5.69 Å². The van der Waals surface area contributed by atoms with Crippen molar-refractivity contribution >= 4 is 11.6 Å². The van der Waals surface area contributed by atoms with Crippen molar-refractivity contribution in [2.75, 3.05) is 13.2 Å². The average Bonchev–Trinajstić information content (AvgIpc) is 2.63. The third-order valence-electron chi connectivity index (χ3n) is 2.91. The van der Waals surface area contributed by atoms with Gasteiger partial charge in [-0.25, -0.2) is 0 Å². The quantitative estimate of drug-likeness (QED) is 0.443. The highest BCUT2D eigenvalue weighted by molar-refractivity contribution is 5.75. The Kier molecular flexibility index (Phi) is 6.29. The van der Waals surface area contributed by atoms with E-state index in [2.05, 4.69) is 10.4 Å². The summed E-state index contributed by atoms with van der Waals surface area (Å²) in [5.74, 6) is -0.222. The van der Waals surface area contributed by atoms with Gasteiger partial charge in [0.05, 0.1) is 11.0 Å². The molecule has 1 aromatic heterocycles. The number of carbonyl (C=O) groups excluding carboxylic acids is 1. The third kappa shape index (κ3) is 5.14. The molecule has 0 saturated carbocycles. The highest BCUT2D eigenvalue weighted by Gasteiger charge is 2.22. The lowest BCUT2D eigenvalue weighted by Gasteiger charge is -2.08. The largest absolute Gasteiger partial charge is 0.379 e. The molecule has 1 heterocycles. The van der Waals surface area contributed by atoms with Gasteiger partial charge in [-0.15, -0.1) is 0 Å². The van der Waals surface area contributed by atoms with Crippen molar-refractivity contribution in [1.29, 1.82) is 0 Å². The topological polar surface area (TPSA) is 99.3 Å². The van der Waals surface area contributed by atoms with E-state index in [0.717, 1.165) is 6.42 Å². The Bertz CT molecular complexity index is 511. The molecule has 8 heteroatoms. The normalized spacial score (nSPS) is 10.9. The number of aromatic nitrogens is 2. The van der Waals surface area contributed by atoms with Crippen molar-refractivity contribution in [2.45, 2.75) is 46.8 Å². The third-order valence-corrected chi connectivity index (χ3v) is 2.91. The maximum Gasteiger partial charge on any atom is 0.312 e. The summed E-state index contributed by atoms with van der Waals surface area (Å²) < 4.78 is 6.72. The number of nitro groups is 1. The number of ether oxygens (including phenoxy) is 1. The Morgan fingerprint density at radius 2 is 2.14 bits per heavy atom. The standard InChI is InChI=1S/C13H22N4O4/c1-9(2)21-7-5-6-14-12(18)8-16-11(4)13(17(19)20)10(3)15-16/h9H,5-8H2,1-4H3,(H,14,18). The second kappa shape index (κ2) is 7.72. The molecule has 0 saturated heterocycles. The molecule has 0 bridgehead atoms. The van der Waals surface area contributed by atoms with Crippen LogP contribution in [0.4, 0.5) is 5.69 Å². The number of amides is 1. The lowest BCUT2D eigenvalue weighted by atomic mass is 10.3. The SMILES string of the molecule is Cc1nn(CC(=O)NCCCOC(C)C)c(C)c1[N+](=O)[O-]. The van der Waals surface area contributed by atoms with Crippen molar-refractivity contribution in [2.24, 2.45) is 0 Å². The van der Waals surface area contributed by atoms with Gasteiger partial charge in [-0.3, -0.25) is 19.6 Å². The van der Waals surface area contributed by atoms with Crippen molar-refractivity contribution in [3.8, 4) is 0 Å². The summed E-state index contributed by atoms with van der Waals surface area (Å²) in [7, 11) is 0. The second-order valence-corrected chi connectivity index (χ2v) is 5.06. The summed E-state index contributed by atoms with van der Waals surface area (Å²) in [5, 5.41) is 17.6. The first-order valence-electron chi connectivity index (χ1n) is 6.89. The predicted octanol–water partition coefficient (Wildman–Crippen LogP) is 1.34. The van der Waals surface area contributed by atoms with Crippen LogP contribution in [0.3, 0.4) is 0 Å². The number of rotatable bonds is 8. The van der Waals surface area contributed by atoms with Crippen LogP contribution in [-0.4, -0.2) is 39.9 Å². The van der Waals surface area contributed by atoms with E-state index in [1.807, 2.05) is 13.8 Å². The Labute approximate surface area is 123 Å². The van der Waals surface area contributed by atoms with E-state index in [4.69, 9.17) is 4.74 Å². The molecule has 21 heavy (non-hydrogen) atoms. The van der Waals surface area contributed by atoms with Gasteiger partial charge in [-0.1, -0.05) is 0 Å². The van der Waals surface area contributed by atoms with E-state index in [1.54, 1.807) is 13.8 Å². The highest BCUT2D eigenvalue weighted by atomic mass is 16.6.